The van der Waals surface area contributed by atoms with E-state index in [9.17, 15) is 0 Å². The maximum Gasteiger partial charge on any atom is 0.0714 e. The summed E-state index contributed by atoms with van der Waals surface area (Å²) in [5.74, 6) is 0. The van der Waals surface area contributed by atoms with E-state index in [1.54, 1.807) is 0 Å². The minimum absolute atomic E-state index is 0.322. The van der Waals surface area contributed by atoms with E-state index < -0.39 is 5.41 Å². The molecule has 2 aliphatic carbocycles. The second-order valence-electron chi connectivity index (χ2n) is 16.1. The van der Waals surface area contributed by atoms with E-state index in [2.05, 4.69) is 230 Å². The van der Waals surface area contributed by atoms with Gasteiger partial charge in [-0.1, -0.05) is 170 Å². The van der Waals surface area contributed by atoms with Crippen LogP contribution in [0.25, 0.3) is 42.4 Å². The molecule has 0 amide bonds. The van der Waals surface area contributed by atoms with Crippen molar-refractivity contribution in [2.75, 3.05) is 4.90 Å². The monoisotopic (exact) mass is 769 g/mol. The fraction of sp³-hybridized carbons (Fsp3) is 0.0526. The average molecular weight is 770 g/mol. The van der Waals surface area contributed by atoms with Crippen molar-refractivity contribution in [3.05, 3.63) is 257 Å². The quantitative estimate of drug-likeness (QED) is 0.163. The molecule has 10 aromatic rings. The summed E-state index contributed by atoms with van der Waals surface area (Å²) in [5, 5.41) is 2.58. The standard InChI is InChI=1S/C57H39NS/c1-56(38-17-5-2-6-18-38)50-26-14-11-23-44(50)46-32-29-42(36-52(46)56)58(41-31-34-55-49(35-41)48-25-13-16-28-54(48)59-55)43-30-33-47-45-24-12-15-27-51(45)57(53(47)37-43,39-19-7-3-8-20-39)40-21-9-4-10-22-40/h2-37H,1H3. The molecule has 0 saturated heterocycles. The first-order valence-electron chi connectivity index (χ1n) is 20.5. The van der Waals surface area contributed by atoms with Gasteiger partial charge in [-0.15, -0.1) is 11.3 Å². The molecule has 0 N–H and O–H groups in total. The summed E-state index contributed by atoms with van der Waals surface area (Å²) in [4.78, 5) is 2.50. The Labute approximate surface area is 349 Å². The smallest absolute Gasteiger partial charge is 0.0714 e. The molecule has 2 heteroatoms. The Balaban J connectivity index is 1.14. The zero-order valence-electron chi connectivity index (χ0n) is 32.6. The third-order valence-corrected chi connectivity index (χ3v) is 14.4. The minimum atomic E-state index is -0.505. The van der Waals surface area contributed by atoms with Crippen LogP contribution in [0.2, 0.25) is 0 Å². The lowest BCUT2D eigenvalue weighted by Gasteiger charge is -2.35. The van der Waals surface area contributed by atoms with Crippen molar-refractivity contribution in [1.82, 2.24) is 0 Å². The molecule has 278 valence electrons. The highest BCUT2D eigenvalue weighted by Gasteiger charge is 2.46. The number of nitrogens with zero attached hydrogens (tertiary/aromatic N) is 1. The summed E-state index contributed by atoms with van der Waals surface area (Å²) < 4.78 is 2.61. The van der Waals surface area contributed by atoms with Gasteiger partial charge in [0.25, 0.3) is 0 Å². The van der Waals surface area contributed by atoms with Gasteiger partial charge in [0.05, 0.1) is 5.41 Å². The van der Waals surface area contributed by atoms with Crippen LogP contribution in [0.5, 0.6) is 0 Å². The molecule has 2 aliphatic rings. The third-order valence-electron chi connectivity index (χ3n) is 13.2. The maximum atomic E-state index is 2.50. The van der Waals surface area contributed by atoms with E-state index >= 15 is 0 Å². The van der Waals surface area contributed by atoms with E-state index in [1.807, 2.05) is 11.3 Å². The van der Waals surface area contributed by atoms with Crippen molar-refractivity contribution in [1.29, 1.82) is 0 Å². The second-order valence-corrected chi connectivity index (χ2v) is 17.2. The highest BCUT2D eigenvalue weighted by atomic mass is 32.1. The molecule has 0 aliphatic heterocycles. The number of thiophene rings is 1. The number of benzene rings is 9. The van der Waals surface area contributed by atoms with Crippen LogP contribution < -0.4 is 4.90 Å². The summed E-state index contributed by atoms with van der Waals surface area (Å²) in [6.07, 6.45) is 0. The van der Waals surface area contributed by atoms with Crippen molar-refractivity contribution in [3.63, 3.8) is 0 Å². The Morgan fingerprint density at radius 3 is 1.47 bits per heavy atom. The predicted octanol–water partition coefficient (Wildman–Crippen LogP) is 15.2. The van der Waals surface area contributed by atoms with Gasteiger partial charge < -0.3 is 4.90 Å². The molecular formula is C57H39NS. The number of hydrogen-bond acceptors (Lipinski definition) is 2. The fourth-order valence-corrected chi connectivity index (χ4v) is 11.7. The number of rotatable bonds is 6. The van der Waals surface area contributed by atoms with Crippen LogP contribution in [0.4, 0.5) is 17.1 Å². The van der Waals surface area contributed by atoms with E-state index in [-0.39, 0.29) is 5.41 Å². The summed E-state index contributed by atoms with van der Waals surface area (Å²) in [5.41, 5.74) is 16.9. The normalized spacial score (nSPS) is 15.7. The van der Waals surface area contributed by atoms with Crippen molar-refractivity contribution in [3.8, 4) is 22.3 Å². The van der Waals surface area contributed by atoms with Crippen LogP contribution >= 0.6 is 11.3 Å². The van der Waals surface area contributed by atoms with Crippen LogP contribution in [0, 0.1) is 0 Å². The first kappa shape index (κ1) is 34.1. The molecule has 12 rings (SSSR count). The van der Waals surface area contributed by atoms with Gasteiger partial charge in [0.15, 0.2) is 0 Å². The van der Waals surface area contributed by atoms with Crippen LogP contribution in [0.3, 0.4) is 0 Å². The fourth-order valence-electron chi connectivity index (χ4n) is 10.6. The van der Waals surface area contributed by atoms with Crippen LogP contribution in [-0.4, -0.2) is 0 Å². The molecule has 1 aromatic heterocycles. The zero-order valence-corrected chi connectivity index (χ0v) is 33.5. The Morgan fingerprint density at radius 1 is 0.339 bits per heavy atom. The van der Waals surface area contributed by atoms with Gasteiger partial charge in [-0.2, -0.15) is 0 Å². The van der Waals surface area contributed by atoms with Gasteiger partial charge in [-0.3, -0.25) is 0 Å². The van der Waals surface area contributed by atoms with Crippen LogP contribution in [-0.2, 0) is 10.8 Å². The zero-order chi connectivity index (χ0) is 39.1. The molecule has 0 bridgehead atoms. The van der Waals surface area contributed by atoms with Crippen molar-refractivity contribution in [2.24, 2.45) is 0 Å². The van der Waals surface area contributed by atoms with E-state index in [0.29, 0.717) is 0 Å². The number of hydrogen-bond donors (Lipinski definition) is 0. The molecule has 0 saturated carbocycles. The molecule has 1 heterocycles. The maximum absolute atomic E-state index is 2.50. The van der Waals surface area contributed by atoms with Crippen molar-refractivity contribution in [2.45, 2.75) is 17.8 Å². The molecule has 0 spiro atoms. The second kappa shape index (κ2) is 13.0. The summed E-state index contributed by atoms with van der Waals surface area (Å²) in [6.45, 7) is 2.41. The van der Waals surface area contributed by atoms with Gasteiger partial charge in [0, 0.05) is 42.6 Å². The molecule has 59 heavy (non-hydrogen) atoms. The molecule has 0 fully saturated rings. The van der Waals surface area contributed by atoms with Gasteiger partial charge in [-0.25, -0.2) is 0 Å². The molecule has 1 unspecified atom stereocenters. The van der Waals surface area contributed by atoms with Gasteiger partial charge in [0.2, 0.25) is 0 Å². The van der Waals surface area contributed by atoms with E-state index in [4.69, 9.17) is 0 Å². The van der Waals surface area contributed by atoms with E-state index in [0.717, 1.165) is 17.1 Å². The van der Waals surface area contributed by atoms with Crippen molar-refractivity contribution >= 4 is 48.6 Å². The number of fused-ring (bicyclic) bond motifs is 9. The lowest BCUT2D eigenvalue weighted by atomic mass is 9.67. The third kappa shape index (κ3) is 4.84. The van der Waals surface area contributed by atoms with Crippen molar-refractivity contribution < 1.29 is 0 Å². The summed E-state index contributed by atoms with van der Waals surface area (Å²) >= 11 is 1.87. The van der Waals surface area contributed by atoms with Crippen LogP contribution in [0.1, 0.15) is 45.9 Å². The Morgan fingerprint density at radius 2 is 0.797 bits per heavy atom. The summed E-state index contributed by atoms with van der Waals surface area (Å²) in [7, 11) is 0. The van der Waals surface area contributed by atoms with Gasteiger partial charge in [-0.05, 0) is 117 Å². The van der Waals surface area contributed by atoms with Gasteiger partial charge >= 0.3 is 0 Å². The predicted molar refractivity (Wildman–Crippen MR) is 249 cm³/mol. The Bertz CT molecular complexity index is 3200. The highest BCUT2D eigenvalue weighted by Crippen LogP contribution is 2.58. The molecular weight excluding hydrogens is 731 g/mol. The van der Waals surface area contributed by atoms with E-state index in [1.165, 1.54) is 81.4 Å². The first-order valence-corrected chi connectivity index (χ1v) is 21.3. The molecule has 9 aromatic carbocycles. The average Bonchev–Trinajstić information content (AvgIpc) is 3.92. The minimum Gasteiger partial charge on any atom is -0.310 e. The largest absolute Gasteiger partial charge is 0.310 e. The summed E-state index contributed by atoms with van der Waals surface area (Å²) in [6, 6.07) is 81.5. The molecule has 1 nitrogen and oxygen atoms in total. The van der Waals surface area contributed by atoms with Gasteiger partial charge in [0.1, 0.15) is 0 Å². The molecule has 1 atom stereocenters. The lowest BCUT2D eigenvalue weighted by molar-refractivity contribution is 0.714. The lowest BCUT2D eigenvalue weighted by Crippen LogP contribution is -2.28. The number of anilines is 3. The Kier molecular flexibility index (Phi) is 7.51. The first-order chi connectivity index (χ1) is 29.1. The van der Waals surface area contributed by atoms with Crippen LogP contribution in [0.15, 0.2) is 218 Å². The SMILES string of the molecule is CC1(c2ccccc2)c2ccccc2-c2ccc(N(c3ccc4c(c3)C(c3ccccc3)(c3ccccc3)c3ccccc3-4)c3ccc4sc5ccccc5c4c3)cc21. The molecule has 0 radical (unpaired) electrons. The Hall–Kier alpha value is -7.00. The topological polar surface area (TPSA) is 3.24 Å². The highest BCUT2D eigenvalue weighted by molar-refractivity contribution is 7.25.